The van der Waals surface area contributed by atoms with E-state index in [1.165, 1.54) is 11.1 Å². The fourth-order valence-electron chi connectivity index (χ4n) is 1.66. The molecule has 0 spiro atoms. The number of halogens is 1. The molecule has 15 heavy (non-hydrogen) atoms. The Labute approximate surface area is 98.1 Å². The first kappa shape index (κ1) is 10.4. The highest BCUT2D eigenvalue weighted by Gasteiger charge is 2.06. The van der Waals surface area contributed by atoms with E-state index in [9.17, 15) is 0 Å². The van der Waals surface area contributed by atoms with E-state index < -0.39 is 0 Å². The van der Waals surface area contributed by atoms with E-state index in [4.69, 9.17) is 0 Å². The minimum Gasteiger partial charge on any atom is -0.264 e. The van der Waals surface area contributed by atoms with Gasteiger partial charge in [0.05, 0.1) is 5.69 Å². The molecule has 0 aliphatic rings. The van der Waals surface area contributed by atoms with Crippen LogP contribution in [-0.4, -0.2) is 9.78 Å². The molecule has 0 saturated heterocycles. The van der Waals surface area contributed by atoms with Crippen molar-refractivity contribution in [3.63, 3.8) is 0 Å². The Bertz CT molecular complexity index is 474. The maximum absolute atomic E-state index is 4.37. The maximum atomic E-state index is 4.37. The van der Waals surface area contributed by atoms with Crippen LogP contribution in [0.25, 0.3) is 11.3 Å². The van der Waals surface area contributed by atoms with Gasteiger partial charge in [0, 0.05) is 12.1 Å². The lowest BCUT2D eigenvalue weighted by Crippen LogP contribution is -1.98. The zero-order chi connectivity index (χ0) is 10.8. The number of hydrogen-bond acceptors (Lipinski definition) is 1. The Balaban J connectivity index is 2.53. The Kier molecular flexibility index (Phi) is 2.91. The molecule has 0 N–H and O–H groups in total. The molecule has 0 atom stereocenters. The summed E-state index contributed by atoms with van der Waals surface area (Å²) >= 11 is 3.41. The van der Waals surface area contributed by atoms with Gasteiger partial charge in [-0.25, -0.2) is 0 Å². The minimum atomic E-state index is 0.884. The minimum absolute atomic E-state index is 0.884. The monoisotopic (exact) mass is 264 g/mol. The van der Waals surface area contributed by atoms with Crippen LogP contribution >= 0.6 is 15.9 Å². The Morgan fingerprint density at radius 3 is 2.80 bits per heavy atom. The Morgan fingerprint density at radius 2 is 2.13 bits per heavy atom. The van der Waals surface area contributed by atoms with Crippen molar-refractivity contribution in [1.82, 2.24) is 9.78 Å². The van der Waals surface area contributed by atoms with Crippen molar-refractivity contribution in [3.8, 4) is 11.3 Å². The van der Waals surface area contributed by atoms with Crippen LogP contribution < -0.4 is 0 Å². The molecule has 0 aliphatic heterocycles. The van der Waals surface area contributed by atoms with Crippen LogP contribution in [0.5, 0.6) is 0 Å². The summed E-state index contributed by atoms with van der Waals surface area (Å²) in [4.78, 5) is 0. The maximum Gasteiger partial charge on any atom is 0.128 e. The summed E-state index contributed by atoms with van der Waals surface area (Å²) in [5.74, 6) is 0. The molecular weight excluding hydrogens is 252 g/mol. The molecule has 0 saturated carbocycles. The number of aromatic nitrogens is 2. The van der Waals surface area contributed by atoms with Gasteiger partial charge in [0.15, 0.2) is 0 Å². The third-order valence-corrected chi connectivity index (χ3v) is 2.75. The zero-order valence-electron chi connectivity index (χ0n) is 8.87. The smallest absolute Gasteiger partial charge is 0.128 e. The second kappa shape index (κ2) is 4.19. The highest BCUT2D eigenvalue weighted by atomic mass is 79.9. The molecule has 0 aliphatic carbocycles. The molecule has 2 rings (SSSR count). The van der Waals surface area contributed by atoms with Gasteiger partial charge in [0.25, 0.3) is 0 Å². The predicted molar refractivity (Wildman–Crippen MR) is 65.8 cm³/mol. The van der Waals surface area contributed by atoms with Crippen molar-refractivity contribution < 1.29 is 0 Å². The predicted octanol–water partition coefficient (Wildman–Crippen LogP) is 3.64. The molecule has 0 radical (unpaired) electrons. The topological polar surface area (TPSA) is 17.8 Å². The summed E-state index contributed by atoms with van der Waals surface area (Å²) in [6.45, 7) is 5.08. The van der Waals surface area contributed by atoms with Gasteiger partial charge >= 0.3 is 0 Å². The summed E-state index contributed by atoms with van der Waals surface area (Å²) in [5, 5.41) is 4.37. The molecule has 0 amide bonds. The van der Waals surface area contributed by atoms with Gasteiger partial charge in [-0.2, -0.15) is 5.10 Å². The number of benzene rings is 1. The van der Waals surface area contributed by atoms with Gasteiger partial charge in [-0.3, -0.25) is 4.68 Å². The first-order chi connectivity index (χ1) is 7.20. The normalized spacial score (nSPS) is 10.6. The molecule has 3 heteroatoms. The largest absolute Gasteiger partial charge is 0.264 e. The molecular formula is C12H13BrN2. The van der Waals surface area contributed by atoms with Crippen molar-refractivity contribution >= 4 is 15.9 Å². The lowest BCUT2D eigenvalue weighted by Gasteiger charge is -2.04. The van der Waals surface area contributed by atoms with E-state index in [2.05, 4.69) is 65.2 Å². The van der Waals surface area contributed by atoms with E-state index in [0.717, 1.165) is 16.8 Å². The van der Waals surface area contributed by atoms with Gasteiger partial charge < -0.3 is 0 Å². The van der Waals surface area contributed by atoms with Gasteiger partial charge in [-0.1, -0.05) is 23.8 Å². The van der Waals surface area contributed by atoms with Crippen molar-refractivity contribution in [2.24, 2.45) is 0 Å². The second-order valence-electron chi connectivity index (χ2n) is 3.54. The quantitative estimate of drug-likeness (QED) is 0.810. The highest BCUT2D eigenvalue weighted by molar-refractivity contribution is 9.10. The van der Waals surface area contributed by atoms with E-state index in [0.29, 0.717) is 0 Å². The second-order valence-corrected chi connectivity index (χ2v) is 4.35. The molecule has 2 aromatic rings. The first-order valence-electron chi connectivity index (χ1n) is 5.01. The molecule has 78 valence electrons. The SMILES string of the molecule is CCn1nc(Br)cc1-c1cccc(C)c1. The summed E-state index contributed by atoms with van der Waals surface area (Å²) in [7, 11) is 0. The fourth-order valence-corrected chi connectivity index (χ4v) is 2.07. The van der Waals surface area contributed by atoms with Crippen molar-refractivity contribution in [3.05, 3.63) is 40.5 Å². The van der Waals surface area contributed by atoms with E-state index >= 15 is 0 Å². The average molecular weight is 265 g/mol. The number of hydrogen-bond donors (Lipinski definition) is 0. The molecule has 1 aromatic carbocycles. The Morgan fingerprint density at radius 1 is 1.33 bits per heavy atom. The van der Waals surface area contributed by atoms with Gasteiger partial charge in [-0.05, 0) is 41.9 Å². The van der Waals surface area contributed by atoms with E-state index in [1.807, 2.05) is 4.68 Å². The van der Waals surface area contributed by atoms with Crippen molar-refractivity contribution in [2.75, 3.05) is 0 Å². The Hall–Kier alpha value is -1.09. The lowest BCUT2D eigenvalue weighted by molar-refractivity contribution is 0.662. The summed E-state index contributed by atoms with van der Waals surface area (Å²) in [6.07, 6.45) is 0. The molecule has 0 unspecified atom stereocenters. The molecule has 0 bridgehead atoms. The lowest BCUT2D eigenvalue weighted by atomic mass is 10.1. The number of nitrogens with zero attached hydrogens (tertiary/aromatic N) is 2. The van der Waals surface area contributed by atoms with Gasteiger partial charge in [-0.15, -0.1) is 0 Å². The summed E-state index contributed by atoms with van der Waals surface area (Å²) in [5.41, 5.74) is 3.65. The van der Waals surface area contributed by atoms with Crippen LogP contribution in [0, 0.1) is 6.92 Å². The van der Waals surface area contributed by atoms with Crippen LogP contribution in [0.1, 0.15) is 12.5 Å². The summed E-state index contributed by atoms with van der Waals surface area (Å²) in [6, 6.07) is 10.5. The van der Waals surface area contributed by atoms with Crippen molar-refractivity contribution in [2.45, 2.75) is 20.4 Å². The fraction of sp³-hybridized carbons (Fsp3) is 0.250. The van der Waals surface area contributed by atoms with Crippen LogP contribution in [0.2, 0.25) is 0 Å². The van der Waals surface area contributed by atoms with Crippen LogP contribution in [0.4, 0.5) is 0 Å². The zero-order valence-corrected chi connectivity index (χ0v) is 10.5. The van der Waals surface area contributed by atoms with Crippen LogP contribution in [0.3, 0.4) is 0 Å². The number of rotatable bonds is 2. The van der Waals surface area contributed by atoms with E-state index in [1.54, 1.807) is 0 Å². The molecule has 1 aromatic heterocycles. The van der Waals surface area contributed by atoms with Gasteiger partial charge in [0.1, 0.15) is 4.60 Å². The highest BCUT2D eigenvalue weighted by Crippen LogP contribution is 2.23. The molecule has 1 heterocycles. The molecule has 2 nitrogen and oxygen atoms in total. The average Bonchev–Trinajstić information content (AvgIpc) is 2.59. The molecule has 0 fully saturated rings. The van der Waals surface area contributed by atoms with Crippen LogP contribution in [-0.2, 0) is 6.54 Å². The van der Waals surface area contributed by atoms with Crippen molar-refractivity contribution in [1.29, 1.82) is 0 Å². The van der Waals surface area contributed by atoms with Crippen LogP contribution in [0.15, 0.2) is 34.9 Å². The first-order valence-corrected chi connectivity index (χ1v) is 5.80. The van der Waals surface area contributed by atoms with Gasteiger partial charge in [0.2, 0.25) is 0 Å². The standard InChI is InChI=1S/C12H13BrN2/c1-3-15-11(8-12(13)14-15)10-6-4-5-9(2)7-10/h4-8H,3H2,1-2H3. The third kappa shape index (κ3) is 2.12. The van der Waals surface area contributed by atoms with E-state index in [-0.39, 0.29) is 0 Å². The third-order valence-electron chi connectivity index (χ3n) is 2.36. The summed E-state index contributed by atoms with van der Waals surface area (Å²) < 4.78 is 2.89. The number of aryl methyl sites for hydroxylation is 2.